The number of hydrogen-bond acceptors (Lipinski definition) is 1. The van der Waals surface area contributed by atoms with E-state index in [0.29, 0.717) is 12.1 Å². The second-order valence-corrected chi connectivity index (χ2v) is 2.77. The van der Waals surface area contributed by atoms with Gasteiger partial charge in [0.2, 0.25) is 0 Å². The van der Waals surface area contributed by atoms with Gasteiger partial charge in [0.1, 0.15) is 5.82 Å². The molecule has 1 atom stereocenters. The molecule has 0 fully saturated rings. The fraction of sp³-hybridized carbons (Fsp3) is 0.250. The maximum atomic E-state index is 12.8. The summed E-state index contributed by atoms with van der Waals surface area (Å²) in [6.07, 6.45) is -1.32. The van der Waals surface area contributed by atoms with E-state index < -0.39 is 23.6 Å². The molecule has 1 N–H and O–H groups in total. The molecule has 0 amide bonds. The number of benzene rings is 1. The molecule has 1 rings (SSSR count). The molecule has 13 heavy (non-hydrogen) atoms. The minimum Gasteiger partial charge on any atom is -0.387 e. The van der Waals surface area contributed by atoms with Gasteiger partial charge in [0.15, 0.2) is 11.6 Å². The summed E-state index contributed by atoms with van der Waals surface area (Å²) in [6.45, 7) is 0. The van der Waals surface area contributed by atoms with Crippen molar-refractivity contribution in [3.05, 3.63) is 35.1 Å². The first kappa shape index (κ1) is 10.3. The normalized spacial score (nSPS) is 13.0. The summed E-state index contributed by atoms with van der Waals surface area (Å²) in [4.78, 5) is 0. The van der Waals surface area contributed by atoms with Crippen molar-refractivity contribution in [1.82, 2.24) is 0 Å². The highest BCUT2D eigenvalue weighted by Crippen LogP contribution is 2.21. The van der Waals surface area contributed by atoms with Crippen LogP contribution in [-0.4, -0.2) is 11.0 Å². The molecule has 72 valence electrons. The Labute approximate surface area is 77.8 Å². The van der Waals surface area contributed by atoms with Crippen LogP contribution in [0.25, 0.3) is 0 Å². The number of halogens is 4. The van der Waals surface area contributed by atoms with Crippen LogP contribution in [0.5, 0.6) is 0 Å². The van der Waals surface area contributed by atoms with Gasteiger partial charge in [0.25, 0.3) is 0 Å². The third kappa shape index (κ3) is 2.14. The predicted molar refractivity (Wildman–Crippen MR) is 42.0 cm³/mol. The highest BCUT2D eigenvalue weighted by molar-refractivity contribution is 6.18. The monoisotopic (exact) mass is 210 g/mol. The Balaban J connectivity index is 3.15. The standard InChI is InChI=1S/C8H6ClF3O/c9-3-8(13)4-1-6(11)7(12)2-5(4)10/h1-2,8,13H,3H2. The van der Waals surface area contributed by atoms with Crippen molar-refractivity contribution >= 4 is 11.6 Å². The molecule has 0 saturated carbocycles. The van der Waals surface area contributed by atoms with Crippen LogP contribution in [0.15, 0.2) is 12.1 Å². The van der Waals surface area contributed by atoms with Crippen molar-refractivity contribution in [3.63, 3.8) is 0 Å². The zero-order valence-electron chi connectivity index (χ0n) is 6.40. The van der Waals surface area contributed by atoms with E-state index in [1.807, 2.05) is 0 Å². The van der Waals surface area contributed by atoms with Crippen molar-refractivity contribution in [3.8, 4) is 0 Å². The minimum atomic E-state index is -1.32. The molecule has 0 radical (unpaired) electrons. The predicted octanol–water partition coefficient (Wildman–Crippen LogP) is 2.38. The Morgan fingerprint density at radius 3 is 2.23 bits per heavy atom. The Hall–Kier alpha value is -0.740. The van der Waals surface area contributed by atoms with Crippen molar-refractivity contribution in [2.45, 2.75) is 6.10 Å². The van der Waals surface area contributed by atoms with Crippen LogP contribution in [0.3, 0.4) is 0 Å². The second-order valence-electron chi connectivity index (χ2n) is 2.46. The number of rotatable bonds is 2. The van der Waals surface area contributed by atoms with E-state index in [2.05, 4.69) is 0 Å². The van der Waals surface area contributed by atoms with E-state index in [1.165, 1.54) is 0 Å². The molecule has 0 saturated heterocycles. The molecule has 1 aromatic rings. The first-order valence-electron chi connectivity index (χ1n) is 3.44. The molecule has 0 aliphatic rings. The van der Waals surface area contributed by atoms with Gasteiger partial charge in [0.05, 0.1) is 12.0 Å². The van der Waals surface area contributed by atoms with Crippen LogP contribution in [0.2, 0.25) is 0 Å². The smallest absolute Gasteiger partial charge is 0.161 e. The zero-order chi connectivity index (χ0) is 10.0. The van der Waals surface area contributed by atoms with E-state index in [0.717, 1.165) is 0 Å². The van der Waals surface area contributed by atoms with Gasteiger partial charge in [-0.05, 0) is 6.07 Å². The van der Waals surface area contributed by atoms with Gasteiger partial charge in [-0.3, -0.25) is 0 Å². The lowest BCUT2D eigenvalue weighted by Gasteiger charge is -2.08. The van der Waals surface area contributed by atoms with Crippen LogP contribution in [0.4, 0.5) is 13.2 Å². The molecule has 0 bridgehead atoms. The maximum Gasteiger partial charge on any atom is 0.161 e. The third-order valence-electron chi connectivity index (χ3n) is 1.54. The molecule has 0 aliphatic heterocycles. The maximum absolute atomic E-state index is 12.8. The van der Waals surface area contributed by atoms with Crippen LogP contribution >= 0.6 is 11.6 Å². The van der Waals surface area contributed by atoms with Gasteiger partial charge in [-0.1, -0.05) is 0 Å². The van der Waals surface area contributed by atoms with Gasteiger partial charge in [-0.25, -0.2) is 13.2 Å². The lowest BCUT2D eigenvalue weighted by atomic mass is 10.1. The van der Waals surface area contributed by atoms with E-state index in [9.17, 15) is 13.2 Å². The molecule has 0 aliphatic carbocycles. The van der Waals surface area contributed by atoms with Gasteiger partial charge >= 0.3 is 0 Å². The molecule has 5 heteroatoms. The average Bonchev–Trinajstić information content (AvgIpc) is 2.10. The van der Waals surface area contributed by atoms with Gasteiger partial charge in [0, 0.05) is 11.6 Å². The molecule has 1 nitrogen and oxygen atoms in total. The van der Waals surface area contributed by atoms with Crippen LogP contribution in [-0.2, 0) is 0 Å². The molecule has 1 unspecified atom stereocenters. The number of alkyl halides is 1. The third-order valence-corrected chi connectivity index (χ3v) is 1.84. The van der Waals surface area contributed by atoms with Crippen molar-refractivity contribution in [1.29, 1.82) is 0 Å². The number of aliphatic hydroxyl groups is 1. The fourth-order valence-corrected chi connectivity index (χ4v) is 1.04. The topological polar surface area (TPSA) is 20.2 Å². The molecular formula is C8H6ClF3O. The quantitative estimate of drug-likeness (QED) is 0.587. The largest absolute Gasteiger partial charge is 0.387 e. The number of aliphatic hydroxyl groups excluding tert-OH is 1. The Bertz CT molecular complexity index is 317. The highest BCUT2D eigenvalue weighted by atomic mass is 35.5. The van der Waals surface area contributed by atoms with Crippen LogP contribution < -0.4 is 0 Å². The molecule has 0 aromatic heterocycles. The summed E-state index contributed by atoms with van der Waals surface area (Å²) in [5, 5.41) is 9.06. The van der Waals surface area contributed by atoms with E-state index in [1.54, 1.807) is 0 Å². The molecule has 0 spiro atoms. The van der Waals surface area contributed by atoms with Crippen molar-refractivity contribution in [2.75, 3.05) is 5.88 Å². The van der Waals surface area contributed by atoms with Crippen molar-refractivity contribution < 1.29 is 18.3 Å². The average molecular weight is 211 g/mol. The zero-order valence-corrected chi connectivity index (χ0v) is 7.15. The Morgan fingerprint density at radius 1 is 1.15 bits per heavy atom. The first-order valence-corrected chi connectivity index (χ1v) is 3.98. The van der Waals surface area contributed by atoms with E-state index in [4.69, 9.17) is 16.7 Å². The minimum absolute atomic E-state index is 0.276. The fourth-order valence-electron chi connectivity index (χ4n) is 0.876. The summed E-state index contributed by atoms with van der Waals surface area (Å²) in [7, 11) is 0. The van der Waals surface area contributed by atoms with Gasteiger partial charge in [-0.15, -0.1) is 11.6 Å². The number of hydrogen-bond donors (Lipinski definition) is 1. The Morgan fingerprint density at radius 2 is 1.69 bits per heavy atom. The van der Waals surface area contributed by atoms with E-state index in [-0.39, 0.29) is 11.4 Å². The second kappa shape index (κ2) is 3.98. The van der Waals surface area contributed by atoms with E-state index >= 15 is 0 Å². The molecule has 1 aromatic carbocycles. The summed E-state index contributed by atoms with van der Waals surface area (Å²) in [5.74, 6) is -3.78. The summed E-state index contributed by atoms with van der Waals surface area (Å²) in [5.41, 5.74) is -0.339. The van der Waals surface area contributed by atoms with Crippen LogP contribution in [0, 0.1) is 17.5 Å². The Kier molecular flexibility index (Phi) is 3.17. The van der Waals surface area contributed by atoms with Crippen LogP contribution in [0.1, 0.15) is 11.7 Å². The van der Waals surface area contributed by atoms with Gasteiger partial charge in [-0.2, -0.15) is 0 Å². The lowest BCUT2D eigenvalue weighted by molar-refractivity contribution is 0.196. The molecule has 0 heterocycles. The summed E-state index contributed by atoms with van der Waals surface area (Å²) in [6, 6.07) is 0.970. The lowest BCUT2D eigenvalue weighted by Crippen LogP contribution is -2.04. The molecular weight excluding hydrogens is 205 g/mol. The highest BCUT2D eigenvalue weighted by Gasteiger charge is 2.15. The van der Waals surface area contributed by atoms with Crippen molar-refractivity contribution in [2.24, 2.45) is 0 Å². The first-order chi connectivity index (χ1) is 6.06. The summed E-state index contributed by atoms with van der Waals surface area (Å²) >= 11 is 5.22. The summed E-state index contributed by atoms with van der Waals surface area (Å²) < 4.78 is 37.8. The SMILES string of the molecule is OC(CCl)c1cc(F)c(F)cc1F. The van der Waals surface area contributed by atoms with Gasteiger partial charge < -0.3 is 5.11 Å².